The lowest BCUT2D eigenvalue weighted by Crippen LogP contribution is -2.67. The Balaban J connectivity index is 1.28. The van der Waals surface area contributed by atoms with Gasteiger partial charge in [0.15, 0.2) is 11.4 Å². The van der Waals surface area contributed by atoms with Crippen LogP contribution in [0.1, 0.15) is 31.4 Å². The predicted octanol–water partition coefficient (Wildman–Crippen LogP) is 2.47. The molecule has 3 aliphatic heterocycles. The van der Waals surface area contributed by atoms with Crippen LogP contribution in [0.25, 0.3) is 22.9 Å². The van der Waals surface area contributed by atoms with E-state index in [0.717, 1.165) is 48.3 Å². The molecule has 3 aromatic rings. The summed E-state index contributed by atoms with van der Waals surface area (Å²) in [6.07, 6.45) is 3.62. The minimum Gasteiger partial charge on any atom is -0.491 e. The second kappa shape index (κ2) is 7.15. The summed E-state index contributed by atoms with van der Waals surface area (Å²) in [6.45, 7) is 8.26. The summed E-state index contributed by atoms with van der Waals surface area (Å²) in [5, 5.41) is 13.9. The lowest BCUT2D eigenvalue weighted by atomic mass is 9.84. The first-order valence-electron chi connectivity index (χ1n) is 11.1. The van der Waals surface area contributed by atoms with Gasteiger partial charge in [-0.25, -0.2) is 14.6 Å². The van der Waals surface area contributed by atoms with Crippen molar-refractivity contribution in [2.45, 2.75) is 37.9 Å². The van der Waals surface area contributed by atoms with Crippen LogP contribution in [-0.4, -0.2) is 67.7 Å². The van der Waals surface area contributed by atoms with Gasteiger partial charge < -0.3 is 14.0 Å². The van der Waals surface area contributed by atoms with Crippen LogP contribution >= 0.6 is 0 Å². The molecule has 3 aliphatic rings. The van der Waals surface area contributed by atoms with Crippen molar-refractivity contribution < 1.29 is 9.47 Å². The van der Waals surface area contributed by atoms with Gasteiger partial charge in [-0.1, -0.05) is 6.07 Å². The van der Waals surface area contributed by atoms with Crippen molar-refractivity contribution in [3.8, 4) is 34.7 Å². The first-order chi connectivity index (χ1) is 15.6. The van der Waals surface area contributed by atoms with Crippen LogP contribution in [0.2, 0.25) is 0 Å². The van der Waals surface area contributed by atoms with E-state index in [1.165, 1.54) is 5.56 Å². The molecule has 6 rings (SSSR count). The number of hydrogen-bond donors (Lipinski definition) is 0. The number of imidazole rings is 1. The smallest absolute Gasteiger partial charge is 0.178 e. The average molecular weight is 432 g/mol. The zero-order valence-corrected chi connectivity index (χ0v) is 18.2. The molecular weight excluding hydrogens is 406 g/mol. The molecule has 0 radical (unpaired) electrons. The molecule has 0 N–H and O–H groups in total. The maximum Gasteiger partial charge on any atom is 0.178 e. The molecule has 0 spiro atoms. The van der Waals surface area contributed by atoms with Gasteiger partial charge in [0, 0.05) is 31.2 Å². The molecule has 5 heterocycles. The molecule has 9 heteroatoms. The molecule has 0 atom stereocenters. The SMILES string of the molecule is CC(C)n1ncnc1-c1cn2c(n1)-c1ccc(C3CN(C4(C#N)COC4)C3)cc1OCC2. The van der Waals surface area contributed by atoms with Crippen LogP contribution in [0.4, 0.5) is 0 Å². The van der Waals surface area contributed by atoms with Crippen molar-refractivity contribution in [1.29, 1.82) is 5.26 Å². The second-order valence-electron chi connectivity index (χ2n) is 9.11. The molecule has 2 fully saturated rings. The van der Waals surface area contributed by atoms with Gasteiger partial charge in [-0.2, -0.15) is 10.4 Å². The third-order valence-electron chi connectivity index (χ3n) is 6.75. The summed E-state index contributed by atoms with van der Waals surface area (Å²) >= 11 is 0. The monoisotopic (exact) mass is 431 g/mol. The number of ether oxygens (including phenoxy) is 2. The Hall–Kier alpha value is -3.22. The summed E-state index contributed by atoms with van der Waals surface area (Å²) in [5.74, 6) is 2.94. The van der Waals surface area contributed by atoms with Gasteiger partial charge in [-0.05, 0) is 31.5 Å². The van der Waals surface area contributed by atoms with Crippen molar-refractivity contribution in [2.75, 3.05) is 32.9 Å². The van der Waals surface area contributed by atoms with E-state index in [1.807, 2.05) is 10.9 Å². The van der Waals surface area contributed by atoms with Crippen LogP contribution in [0.15, 0.2) is 30.7 Å². The number of benzene rings is 1. The number of fused-ring (bicyclic) bond motifs is 3. The summed E-state index contributed by atoms with van der Waals surface area (Å²) < 4.78 is 15.4. The van der Waals surface area contributed by atoms with E-state index in [0.29, 0.717) is 25.7 Å². The van der Waals surface area contributed by atoms with E-state index in [-0.39, 0.29) is 6.04 Å². The molecule has 1 aromatic carbocycles. The average Bonchev–Trinajstić information content (AvgIpc) is 3.33. The molecular formula is C23H25N7O2. The van der Waals surface area contributed by atoms with Gasteiger partial charge in [0.1, 0.15) is 30.2 Å². The second-order valence-corrected chi connectivity index (χ2v) is 9.11. The van der Waals surface area contributed by atoms with Crippen LogP contribution in [0.5, 0.6) is 5.75 Å². The van der Waals surface area contributed by atoms with Crippen LogP contribution in [-0.2, 0) is 11.3 Å². The molecule has 2 aromatic heterocycles. The van der Waals surface area contributed by atoms with E-state index in [4.69, 9.17) is 14.5 Å². The zero-order valence-electron chi connectivity index (χ0n) is 18.2. The Labute approximate surface area is 186 Å². The Morgan fingerprint density at radius 1 is 1.22 bits per heavy atom. The lowest BCUT2D eigenvalue weighted by molar-refractivity contribution is -0.133. The molecule has 0 unspecified atom stereocenters. The molecule has 0 saturated carbocycles. The number of hydrogen-bond acceptors (Lipinski definition) is 7. The van der Waals surface area contributed by atoms with Gasteiger partial charge in [-0.15, -0.1) is 0 Å². The third kappa shape index (κ3) is 2.87. The number of likely N-dealkylation sites (tertiary alicyclic amines) is 1. The minimum absolute atomic E-state index is 0.209. The molecule has 0 aliphatic carbocycles. The van der Waals surface area contributed by atoms with E-state index in [1.54, 1.807) is 6.33 Å². The predicted molar refractivity (Wildman–Crippen MR) is 116 cm³/mol. The van der Waals surface area contributed by atoms with Gasteiger partial charge in [-0.3, -0.25) is 4.90 Å². The fraction of sp³-hybridized carbons (Fsp3) is 0.478. The van der Waals surface area contributed by atoms with Gasteiger partial charge >= 0.3 is 0 Å². The normalized spacial score (nSPS) is 19.8. The first-order valence-corrected chi connectivity index (χ1v) is 11.1. The van der Waals surface area contributed by atoms with Crippen molar-refractivity contribution in [2.24, 2.45) is 0 Å². The summed E-state index contributed by atoms with van der Waals surface area (Å²) in [7, 11) is 0. The maximum absolute atomic E-state index is 9.52. The molecule has 2 saturated heterocycles. The molecule has 32 heavy (non-hydrogen) atoms. The molecule has 0 bridgehead atoms. The summed E-state index contributed by atoms with van der Waals surface area (Å²) in [6, 6.07) is 9.07. The van der Waals surface area contributed by atoms with Crippen LogP contribution < -0.4 is 4.74 Å². The number of rotatable bonds is 4. The van der Waals surface area contributed by atoms with E-state index >= 15 is 0 Å². The van der Waals surface area contributed by atoms with Crippen molar-refractivity contribution in [3.63, 3.8) is 0 Å². The zero-order chi connectivity index (χ0) is 21.9. The van der Waals surface area contributed by atoms with Gasteiger partial charge in [0.25, 0.3) is 0 Å². The molecule has 0 amide bonds. The number of aromatic nitrogens is 5. The highest BCUT2D eigenvalue weighted by Crippen LogP contribution is 2.40. The maximum atomic E-state index is 9.52. The van der Waals surface area contributed by atoms with E-state index < -0.39 is 5.54 Å². The largest absolute Gasteiger partial charge is 0.491 e. The van der Waals surface area contributed by atoms with Gasteiger partial charge in [0.2, 0.25) is 0 Å². The Bertz CT molecular complexity index is 1210. The standard InChI is InChI=1S/C23H25N7O2/c1-15(2)30-22(25-14-26-30)19-10-28-5-6-32-20-7-16(3-4-18(20)21(28)27-19)17-8-29(9-17)23(11-24)12-31-13-23/h3-4,7,10,14-15,17H,5-6,8-9,12-13H2,1-2H3. The van der Waals surface area contributed by atoms with Crippen molar-refractivity contribution in [1.82, 2.24) is 29.2 Å². The highest BCUT2D eigenvalue weighted by atomic mass is 16.5. The van der Waals surface area contributed by atoms with Crippen LogP contribution in [0.3, 0.4) is 0 Å². The topological polar surface area (TPSA) is 94.0 Å². The van der Waals surface area contributed by atoms with Crippen molar-refractivity contribution in [3.05, 3.63) is 36.3 Å². The van der Waals surface area contributed by atoms with Gasteiger partial charge in [0.05, 0.1) is 31.4 Å². The fourth-order valence-corrected chi connectivity index (χ4v) is 4.72. The third-order valence-corrected chi connectivity index (χ3v) is 6.75. The van der Waals surface area contributed by atoms with Crippen molar-refractivity contribution >= 4 is 0 Å². The molecule has 9 nitrogen and oxygen atoms in total. The lowest BCUT2D eigenvalue weighted by Gasteiger charge is -2.52. The first kappa shape index (κ1) is 19.5. The Morgan fingerprint density at radius 2 is 2.06 bits per heavy atom. The summed E-state index contributed by atoms with van der Waals surface area (Å²) in [4.78, 5) is 11.6. The van der Waals surface area contributed by atoms with E-state index in [2.05, 4.69) is 57.7 Å². The Kier molecular flexibility index (Phi) is 4.35. The van der Waals surface area contributed by atoms with Crippen LogP contribution in [0, 0.1) is 11.3 Å². The number of nitriles is 1. The Morgan fingerprint density at radius 3 is 2.78 bits per heavy atom. The minimum atomic E-state index is -0.420. The quantitative estimate of drug-likeness (QED) is 0.626. The highest BCUT2D eigenvalue weighted by Gasteiger charge is 2.50. The number of nitrogens with zero attached hydrogens (tertiary/aromatic N) is 7. The molecule has 164 valence electrons. The van der Waals surface area contributed by atoms with E-state index in [9.17, 15) is 5.26 Å². The summed E-state index contributed by atoms with van der Waals surface area (Å²) in [5.41, 5.74) is 2.64. The fourth-order valence-electron chi connectivity index (χ4n) is 4.72. The highest BCUT2D eigenvalue weighted by molar-refractivity contribution is 5.69.